The zero-order valence-electron chi connectivity index (χ0n) is 19.0. The first-order valence-corrected chi connectivity index (χ1v) is 12.3. The molecule has 0 bridgehead atoms. The van der Waals surface area contributed by atoms with Crippen LogP contribution in [0.3, 0.4) is 0 Å². The highest BCUT2D eigenvalue weighted by molar-refractivity contribution is 6.43. The number of hydrogen-bond donors (Lipinski definition) is 2. The van der Waals surface area contributed by atoms with Gasteiger partial charge in [0.05, 0.1) is 27.8 Å². The van der Waals surface area contributed by atoms with Gasteiger partial charge in [-0.25, -0.2) is 0 Å². The lowest BCUT2D eigenvalue weighted by Crippen LogP contribution is -2.52. The zero-order chi connectivity index (χ0) is 22.6. The van der Waals surface area contributed by atoms with Crippen molar-refractivity contribution >= 4 is 34.8 Å². The minimum absolute atomic E-state index is 0.0392. The fourth-order valence-electron chi connectivity index (χ4n) is 4.94. The topological polar surface area (TPSA) is 55.8 Å². The normalized spacial score (nSPS) is 25.5. The van der Waals surface area contributed by atoms with E-state index in [-0.39, 0.29) is 18.4 Å². The number of carbonyl (C=O) groups is 1. The number of benzene rings is 1. The van der Waals surface area contributed by atoms with Gasteiger partial charge in [0.1, 0.15) is 0 Å². The molecule has 31 heavy (non-hydrogen) atoms. The number of nitrogens with one attached hydrogen (secondary N) is 1. The molecule has 1 saturated heterocycles. The van der Waals surface area contributed by atoms with Crippen LogP contribution in [0.25, 0.3) is 0 Å². The van der Waals surface area contributed by atoms with Crippen molar-refractivity contribution < 1.29 is 9.90 Å². The number of halogens is 2. The lowest BCUT2D eigenvalue weighted by Gasteiger charge is -2.42. The van der Waals surface area contributed by atoms with Gasteiger partial charge in [-0.1, -0.05) is 29.3 Å². The predicted molar refractivity (Wildman–Crippen MR) is 129 cm³/mol. The van der Waals surface area contributed by atoms with Crippen molar-refractivity contribution in [2.45, 2.75) is 77.0 Å². The zero-order valence-corrected chi connectivity index (χ0v) is 20.6. The number of nitrogens with zero attached hydrogens (tertiary/aromatic N) is 2. The highest BCUT2D eigenvalue weighted by Gasteiger charge is 2.28. The molecule has 2 aliphatic rings. The van der Waals surface area contributed by atoms with Crippen molar-refractivity contribution in [3.05, 3.63) is 28.2 Å². The Kier molecular flexibility index (Phi) is 8.53. The minimum Gasteiger partial charge on any atom is -0.390 e. The predicted octanol–water partition coefficient (Wildman–Crippen LogP) is 4.73. The Balaban J connectivity index is 1.38. The van der Waals surface area contributed by atoms with Gasteiger partial charge in [-0.15, -0.1) is 0 Å². The summed E-state index contributed by atoms with van der Waals surface area (Å²) in [5, 5.41) is 14.2. The first-order chi connectivity index (χ1) is 14.6. The van der Waals surface area contributed by atoms with Crippen LogP contribution in [0.2, 0.25) is 10.0 Å². The molecule has 1 aromatic carbocycles. The van der Waals surface area contributed by atoms with E-state index in [1.54, 1.807) is 13.8 Å². The first-order valence-electron chi connectivity index (χ1n) is 11.6. The Morgan fingerprint density at radius 2 is 1.90 bits per heavy atom. The molecule has 0 radical (unpaired) electrons. The second-order valence-electron chi connectivity index (χ2n) is 9.98. The van der Waals surface area contributed by atoms with Crippen molar-refractivity contribution in [3.8, 4) is 0 Å². The van der Waals surface area contributed by atoms with Crippen LogP contribution in [0.15, 0.2) is 18.2 Å². The van der Waals surface area contributed by atoms with Crippen LogP contribution < -0.4 is 10.2 Å². The summed E-state index contributed by atoms with van der Waals surface area (Å²) in [5.74, 6) is 0.695. The molecule has 2 fully saturated rings. The van der Waals surface area contributed by atoms with E-state index in [1.807, 2.05) is 12.1 Å². The molecule has 1 aliphatic heterocycles. The first kappa shape index (κ1) is 24.6. The molecule has 1 amide bonds. The van der Waals surface area contributed by atoms with Crippen LogP contribution in [0.5, 0.6) is 0 Å². The summed E-state index contributed by atoms with van der Waals surface area (Å²) in [7, 11) is 0. The molecule has 3 rings (SSSR count). The molecule has 1 saturated carbocycles. The third-order valence-electron chi connectivity index (χ3n) is 6.61. The molecule has 7 heteroatoms. The fourth-order valence-corrected chi connectivity index (χ4v) is 5.34. The standard InChI is InChI=1S/C24H37Cl2N3O2/c1-17-16-28(13-14-29(17)21-6-4-5-20(25)23(21)26)12-11-18-7-9-19(10-8-18)27-22(30)15-24(2,3)31/h4-6,17-19,31H,7-16H2,1-3H3,(H,27,30)/t17-,18?,19?/m1/s1. The van der Waals surface area contributed by atoms with E-state index in [0.29, 0.717) is 16.1 Å². The van der Waals surface area contributed by atoms with Crippen LogP contribution in [0, 0.1) is 5.92 Å². The van der Waals surface area contributed by atoms with Gasteiger partial charge < -0.3 is 15.3 Å². The second-order valence-corrected chi connectivity index (χ2v) is 10.8. The molecule has 0 spiro atoms. The van der Waals surface area contributed by atoms with Crippen LogP contribution in [-0.2, 0) is 4.79 Å². The molecule has 1 aliphatic carbocycles. The van der Waals surface area contributed by atoms with E-state index in [0.717, 1.165) is 50.6 Å². The number of piperazine rings is 1. The molecule has 0 aromatic heterocycles. The highest BCUT2D eigenvalue weighted by Crippen LogP contribution is 2.34. The van der Waals surface area contributed by atoms with Crippen molar-refractivity contribution in [1.29, 1.82) is 0 Å². The van der Waals surface area contributed by atoms with Gasteiger partial charge >= 0.3 is 0 Å². The average molecular weight is 470 g/mol. The summed E-state index contributed by atoms with van der Waals surface area (Å²) in [6, 6.07) is 6.51. The molecule has 1 heterocycles. The van der Waals surface area contributed by atoms with Gasteiger partial charge in [0.25, 0.3) is 0 Å². The molecule has 1 aromatic rings. The van der Waals surface area contributed by atoms with Crippen LogP contribution in [0.1, 0.15) is 59.3 Å². The van der Waals surface area contributed by atoms with E-state index in [2.05, 4.69) is 28.1 Å². The second kappa shape index (κ2) is 10.7. The Labute approximate surface area is 197 Å². The summed E-state index contributed by atoms with van der Waals surface area (Å²) in [4.78, 5) is 17.0. The van der Waals surface area contributed by atoms with Crippen molar-refractivity contribution in [3.63, 3.8) is 0 Å². The molecule has 1 atom stereocenters. The largest absolute Gasteiger partial charge is 0.390 e. The highest BCUT2D eigenvalue weighted by atomic mass is 35.5. The molecule has 2 N–H and O–H groups in total. The van der Waals surface area contributed by atoms with Crippen LogP contribution in [0.4, 0.5) is 5.69 Å². The van der Waals surface area contributed by atoms with E-state index < -0.39 is 5.60 Å². The fraction of sp³-hybridized carbons (Fsp3) is 0.708. The van der Waals surface area contributed by atoms with Gasteiger partial charge in [0.2, 0.25) is 5.91 Å². The van der Waals surface area contributed by atoms with Gasteiger partial charge in [-0.3, -0.25) is 9.69 Å². The Morgan fingerprint density at radius 1 is 1.19 bits per heavy atom. The van der Waals surface area contributed by atoms with E-state index in [1.165, 1.54) is 19.3 Å². The Bertz CT molecular complexity index is 745. The van der Waals surface area contributed by atoms with Crippen LogP contribution in [-0.4, -0.2) is 59.8 Å². The number of carbonyl (C=O) groups excluding carboxylic acids is 1. The summed E-state index contributed by atoms with van der Waals surface area (Å²) in [6.07, 6.45) is 5.80. The maximum Gasteiger partial charge on any atom is 0.223 e. The number of hydrogen-bond acceptors (Lipinski definition) is 4. The van der Waals surface area contributed by atoms with Gasteiger partial charge in [-0.2, -0.15) is 0 Å². The Hall–Kier alpha value is -1.01. The van der Waals surface area contributed by atoms with Crippen LogP contribution >= 0.6 is 23.2 Å². The third-order valence-corrected chi connectivity index (χ3v) is 7.42. The van der Waals surface area contributed by atoms with Crippen molar-refractivity contribution in [2.75, 3.05) is 31.1 Å². The summed E-state index contributed by atoms with van der Waals surface area (Å²) >= 11 is 12.6. The Morgan fingerprint density at radius 3 is 2.55 bits per heavy atom. The lowest BCUT2D eigenvalue weighted by molar-refractivity contribution is -0.125. The van der Waals surface area contributed by atoms with Gasteiger partial charge in [0, 0.05) is 31.7 Å². The van der Waals surface area contributed by atoms with E-state index >= 15 is 0 Å². The smallest absolute Gasteiger partial charge is 0.223 e. The van der Waals surface area contributed by atoms with Gasteiger partial charge in [0.15, 0.2) is 0 Å². The molecular formula is C24H37Cl2N3O2. The monoisotopic (exact) mass is 469 g/mol. The van der Waals surface area contributed by atoms with Gasteiger partial charge in [-0.05, 0) is 77.5 Å². The number of anilines is 1. The average Bonchev–Trinajstić information content (AvgIpc) is 2.68. The SMILES string of the molecule is C[C@@H]1CN(CCC2CCC(NC(=O)CC(C)(C)O)CC2)CCN1c1cccc(Cl)c1Cl. The molecular weight excluding hydrogens is 433 g/mol. The summed E-state index contributed by atoms with van der Waals surface area (Å²) in [5.41, 5.74) is 0.0897. The summed E-state index contributed by atoms with van der Waals surface area (Å²) < 4.78 is 0. The van der Waals surface area contributed by atoms with E-state index in [9.17, 15) is 9.90 Å². The maximum absolute atomic E-state index is 12.0. The molecule has 0 unspecified atom stereocenters. The number of amides is 1. The molecule has 5 nitrogen and oxygen atoms in total. The van der Waals surface area contributed by atoms with Crippen molar-refractivity contribution in [2.24, 2.45) is 5.92 Å². The number of aliphatic hydroxyl groups is 1. The van der Waals surface area contributed by atoms with Crippen molar-refractivity contribution in [1.82, 2.24) is 10.2 Å². The maximum atomic E-state index is 12.0. The minimum atomic E-state index is -0.944. The quantitative estimate of drug-likeness (QED) is 0.605. The lowest BCUT2D eigenvalue weighted by atomic mass is 9.84. The third kappa shape index (κ3) is 7.24. The molecule has 174 valence electrons. The number of rotatable bonds is 7. The van der Waals surface area contributed by atoms with E-state index in [4.69, 9.17) is 23.2 Å². The summed E-state index contributed by atoms with van der Waals surface area (Å²) in [6.45, 7) is 9.76.